The maximum Gasteiger partial charge on any atom is 0.313 e. The summed E-state index contributed by atoms with van der Waals surface area (Å²) in [7, 11) is 1.52. The van der Waals surface area contributed by atoms with Crippen molar-refractivity contribution in [3.05, 3.63) is 64.2 Å². The molecule has 25 heavy (non-hydrogen) atoms. The Morgan fingerprint density at radius 2 is 1.84 bits per heavy atom. The summed E-state index contributed by atoms with van der Waals surface area (Å²) >= 11 is 6.14. The molecule has 0 heterocycles. The lowest BCUT2D eigenvalue weighted by molar-refractivity contribution is -0.136. The second kappa shape index (κ2) is 8.65. The smallest absolute Gasteiger partial charge is 0.313 e. The number of carbonyl (C=O) groups excluding carboxylic acids is 2. The number of amides is 2. The van der Waals surface area contributed by atoms with Crippen LogP contribution in [-0.4, -0.2) is 25.5 Å². The molecule has 1 unspecified atom stereocenters. The van der Waals surface area contributed by atoms with Crippen molar-refractivity contribution >= 4 is 29.1 Å². The molecule has 6 heteroatoms. The highest BCUT2D eigenvalue weighted by molar-refractivity contribution is 6.39. The van der Waals surface area contributed by atoms with Crippen LogP contribution in [-0.2, 0) is 14.3 Å². The fraction of sp³-hybridized carbons (Fsp3) is 0.263. The summed E-state index contributed by atoms with van der Waals surface area (Å²) < 4.78 is 5.37. The number of hydrogen-bond acceptors (Lipinski definition) is 3. The summed E-state index contributed by atoms with van der Waals surface area (Å²) in [5, 5.41) is 5.73. The van der Waals surface area contributed by atoms with Crippen LogP contribution in [0.2, 0.25) is 5.02 Å². The summed E-state index contributed by atoms with van der Waals surface area (Å²) in [6, 6.07) is 12.8. The van der Waals surface area contributed by atoms with Crippen LogP contribution >= 0.6 is 11.6 Å². The van der Waals surface area contributed by atoms with E-state index in [0.717, 1.165) is 16.7 Å². The van der Waals surface area contributed by atoms with Crippen LogP contribution in [0.1, 0.15) is 22.8 Å². The summed E-state index contributed by atoms with van der Waals surface area (Å²) in [5.41, 5.74) is 3.34. The van der Waals surface area contributed by atoms with E-state index in [2.05, 4.69) is 10.6 Å². The molecular formula is C19H21ClN2O3. The molecule has 0 spiro atoms. The molecule has 0 radical (unpaired) electrons. The van der Waals surface area contributed by atoms with Gasteiger partial charge >= 0.3 is 11.8 Å². The lowest BCUT2D eigenvalue weighted by Gasteiger charge is -2.17. The third kappa shape index (κ3) is 5.05. The Balaban J connectivity index is 1.96. The second-order valence-electron chi connectivity index (χ2n) is 5.73. The number of nitrogens with one attached hydrogen (secondary N) is 2. The normalized spacial score (nSPS) is 11.7. The first-order valence-electron chi connectivity index (χ1n) is 7.86. The van der Waals surface area contributed by atoms with E-state index in [1.165, 1.54) is 7.11 Å². The minimum atomic E-state index is -0.728. The van der Waals surface area contributed by atoms with Gasteiger partial charge < -0.3 is 15.4 Å². The van der Waals surface area contributed by atoms with Crippen LogP contribution in [0.4, 0.5) is 5.69 Å². The fourth-order valence-corrected chi connectivity index (χ4v) is 2.71. The number of hydrogen-bond donors (Lipinski definition) is 2. The van der Waals surface area contributed by atoms with Gasteiger partial charge in [0.15, 0.2) is 0 Å². The number of carbonyl (C=O) groups is 2. The molecule has 0 bridgehead atoms. The van der Waals surface area contributed by atoms with Gasteiger partial charge in [0.05, 0.1) is 0 Å². The SMILES string of the molecule is COC(CNC(=O)C(=O)Nc1ccc(C)cc1C)c1ccccc1Cl. The maximum atomic E-state index is 12.1. The van der Waals surface area contributed by atoms with Crippen LogP contribution < -0.4 is 10.6 Å². The van der Waals surface area contributed by atoms with E-state index in [0.29, 0.717) is 10.7 Å². The average Bonchev–Trinajstić information content (AvgIpc) is 2.59. The quantitative estimate of drug-likeness (QED) is 0.803. The number of anilines is 1. The lowest BCUT2D eigenvalue weighted by atomic mass is 10.1. The number of aryl methyl sites for hydroxylation is 2. The van der Waals surface area contributed by atoms with Gasteiger partial charge in [-0.1, -0.05) is 47.5 Å². The van der Waals surface area contributed by atoms with E-state index < -0.39 is 17.9 Å². The largest absolute Gasteiger partial charge is 0.375 e. The molecule has 0 saturated heterocycles. The van der Waals surface area contributed by atoms with Crippen molar-refractivity contribution in [3.8, 4) is 0 Å². The van der Waals surface area contributed by atoms with Crippen LogP contribution in [0.15, 0.2) is 42.5 Å². The number of halogens is 1. The third-order valence-electron chi connectivity index (χ3n) is 3.82. The predicted octanol–water partition coefficient (Wildman–Crippen LogP) is 3.40. The Labute approximate surface area is 152 Å². The first kappa shape index (κ1) is 19.0. The zero-order valence-corrected chi connectivity index (χ0v) is 15.2. The van der Waals surface area contributed by atoms with Crippen molar-refractivity contribution in [3.63, 3.8) is 0 Å². The number of methoxy groups -OCH3 is 1. The lowest BCUT2D eigenvalue weighted by Crippen LogP contribution is -2.38. The summed E-state index contributed by atoms with van der Waals surface area (Å²) in [6.45, 7) is 3.98. The third-order valence-corrected chi connectivity index (χ3v) is 4.17. The highest BCUT2D eigenvalue weighted by Crippen LogP contribution is 2.24. The van der Waals surface area contributed by atoms with Gasteiger partial charge in [-0.2, -0.15) is 0 Å². The maximum absolute atomic E-state index is 12.1. The first-order chi connectivity index (χ1) is 11.9. The van der Waals surface area contributed by atoms with E-state index in [1.807, 2.05) is 44.2 Å². The predicted molar refractivity (Wildman–Crippen MR) is 98.8 cm³/mol. The van der Waals surface area contributed by atoms with Crippen LogP contribution in [0.25, 0.3) is 0 Å². The van der Waals surface area contributed by atoms with Crippen molar-refractivity contribution in [2.24, 2.45) is 0 Å². The number of benzene rings is 2. The van der Waals surface area contributed by atoms with Gasteiger partial charge in [-0.05, 0) is 31.5 Å². The fourth-order valence-electron chi connectivity index (χ4n) is 2.46. The molecule has 2 rings (SSSR count). The molecule has 2 N–H and O–H groups in total. The zero-order valence-electron chi connectivity index (χ0n) is 14.4. The first-order valence-corrected chi connectivity index (χ1v) is 8.24. The Kier molecular flexibility index (Phi) is 6.56. The van der Waals surface area contributed by atoms with Crippen LogP contribution in [0.3, 0.4) is 0 Å². The molecule has 132 valence electrons. The van der Waals surface area contributed by atoms with Gasteiger partial charge in [0.25, 0.3) is 0 Å². The highest BCUT2D eigenvalue weighted by Gasteiger charge is 2.19. The van der Waals surface area contributed by atoms with Gasteiger partial charge in [0, 0.05) is 29.9 Å². The molecule has 2 aromatic carbocycles. The number of ether oxygens (including phenoxy) is 1. The molecule has 1 atom stereocenters. The van der Waals surface area contributed by atoms with Crippen LogP contribution in [0.5, 0.6) is 0 Å². The van der Waals surface area contributed by atoms with Gasteiger partial charge in [-0.25, -0.2) is 0 Å². The Hall–Kier alpha value is -2.37. The van der Waals surface area contributed by atoms with E-state index in [9.17, 15) is 9.59 Å². The Morgan fingerprint density at radius 3 is 2.48 bits per heavy atom. The van der Waals surface area contributed by atoms with Crippen LogP contribution in [0, 0.1) is 13.8 Å². The standard InChI is InChI=1S/C19H21ClN2O3/c1-12-8-9-16(13(2)10-12)22-19(24)18(23)21-11-17(25-3)14-6-4-5-7-15(14)20/h4-10,17H,11H2,1-3H3,(H,21,23)(H,22,24). The molecule has 0 fully saturated rings. The summed E-state index contributed by atoms with van der Waals surface area (Å²) in [5.74, 6) is -1.45. The Bertz CT molecular complexity index is 777. The minimum Gasteiger partial charge on any atom is -0.375 e. The molecule has 0 saturated carbocycles. The van der Waals surface area contributed by atoms with Gasteiger partial charge in [-0.15, -0.1) is 0 Å². The Morgan fingerprint density at radius 1 is 1.12 bits per heavy atom. The molecule has 0 aromatic heterocycles. The van der Waals surface area contributed by atoms with E-state index in [4.69, 9.17) is 16.3 Å². The molecule has 2 amide bonds. The minimum absolute atomic E-state index is 0.138. The van der Waals surface area contributed by atoms with E-state index in [1.54, 1.807) is 12.1 Å². The summed E-state index contributed by atoms with van der Waals surface area (Å²) in [6.07, 6.45) is -0.438. The van der Waals surface area contributed by atoms with Gasteiger partial charge in [0.2, 0.25) is 0 Å². The van der Waals surface area contributed by atoms with Crippen molar-refractivity contribution in [1.29, 1.82) is 0 Å². The molecule has 2 aromatic rings. The molecule has 0 aliphatic heterocycles. The van der Waals surface area contributed by atoms with Crippen molar-refractivity contribution in [1.82, 2.24) is 5.32 Å². The molecule has 0 aliphatic rings. The summed E-state index contributed by atoms with van der Waals surface area (Å²) in [4.78, 5) is 24.1. The van der Waals surface area contributed by atoms with E-state index >= 15 is 0 Å². The zero-order chi connectivity index (χ0) is 18.4. The second-order valence-corrected chi connectivity index (χ2v) is 6.14. The number of rotatable bonds is 5. The molecule has 5 nitrogen and oxygen atoms in total. The van der Waals surface area contributed by atoms with Crippen molar-refractivity contribution in [2.45, 2.75) is 20.0 Å². The van der Waals surface area contributed by atoms with E-state index in [-0.39, 0.29) is 6.54 Å². The molecular weight excluding hydrogens is 340 g/mol. The monoisotopic (exact) mass is 360 g/mol. The average molecular weight is 361 g/mol. The van der Waals surface area contributed by atoms with Crippen molar-refractivity contribution in [2.75, 3.05) is 19.0 Å². The van der Waals surface area contributed by atoms with Gasteiger partial charge in [-0.3, -0.25) is 9.59 Å². The topological polar surface area (TPSA) is 67.4 Å². The van der Waals surface area contributed by atoms with Crippen molar-refractivity contribution < 1.29 is 14.3 Å². The highest BCUT2D eigenvalue weighted by atomic mass is 35.5. The molecule has 0 aliphatic carbocycles. The van der Waals surface area contributed by atoms with Gasteiger partial charge in [0.1, 0.15) is 6.10 Å².